The van der Waals surface area contributed by atoms with Crippen LogP contribution in [0.25, 0.3) is 0 Å². The molecule has 1 atom stereocenters. The summed E-state index contributed by atoms with van der Waals surface area (Å²) in [5.41, 5.74) is 0. The fourth-order valence-electron chi connectivity index (χ4n) is 0.583. The zero-order valence-corrected chi connectivity index (χ0v) is 10.2. The smallest absolute Gasteiger partial charge is 0.465 e. The molecule has 0 amide bonds. The van der Waals surface area contributed by atoms with Crippen molar-refractivity contribution in [2.24, 2.45) is 11.8 Å². The van der Waals surface area contributed by atoms with Crippen LogP contribution in [0.1, 0.15) is 6.92 Å². The van der Waals surface area contributed by atoms with Crippen LogP contribution in [0, 0.1) is 37.0 Å². The van der Waals surface area contributed by atoms with Gasteiger partial charge in [-0.15, -0.1) is 0 Å². The van der Waals surface area contributed by atoms with Crippen LogP contribution in [0.3, 0.4) is 0 Å². The zero-order chi connectivity index (χ0) is 8.85. The molecule has 4 heteroatoms. The molecule has 0 spiro atoms. The molecule has 0 aliphatic rings. The molecule has 1 unspecified atom stereocenters. The van der Waals surface area contributed by atoms with E-state index >= 15 is 0 Å². The van der Waals surface area contributed by atoms with E-state index in [2.05, 4.69) is 18.6 Å². The van der Waals surface area contributed by atoms with Gasteiger partial charge in [-0.1, -0.05) is 0 Å². The van der Waals surface area contributed by atoms with Gasteiger partial charge >= 0.3 is 25.4 Å². The summed E-state index contributed by atoms with van der Waals surface area (Å²) in [5, 5.41) is 8.46. The summed E-state index contributed by atoms with van der Waals surface area (Å²) in [6.07, 6.45) is 0. The maximum absolute atomic E-state index is 10.9. The summed E-state index contributed by atoms with van der Waals surface area (Å²) >= 11 is 0. The van der Waals surface area contributed by atoms with E-state index < -0.39 is 17.8 Å². The molecule has 3 nitrogen and oxygen atoms in total. The van der Waals surface area contributed by atoms with Gasteiger partial charge in [0.1, 0.15) is 0 Å². The van der Waals surface area contributed by atoms with Crippen LogP contribution in [0.5, 0.6) is 0 Å². The molecule has 0 heterocycles. The number of rotatable bonds is 3. The minimum absolute atomic E-state index is 0. The number of nitrogens with zero attached hydrogens (tertiary/aromatic N) is 1. The first-order valence-electron chi connectivity index (χ1n) is 3.35. The third-order valence-electron chi connectivity index (χ3n) is 1.15. The van der Waals surface area contributed by atoms with Crippen molar-refractivity contribution in [2.75, 3.05) is 6.61 Å². The van der Waals surface area contributed by atoms with Gasteiger partial charge < -0.3 is 18.6 Å². The average Bonchev–Trinajstić information content (AvgIpc) is 1.88. The molecule has 0 saturated carbocycles. The molecule has 62 valence electrons. The van der Waals surface area contributed by atoms with E-state index in [1.54, 1.807) is 13.0 Å². The number of hydrogen-bond donors (Lipinski definition) is 0. The molecule has 0 aromatic carbocycles. The third-order valence-corrected chi connectivity index (χ3v) is 1.15. The molecule has 0 fully saturated rings. The van der Waals surface area contributed by atoms with E-state index in [0.29, 0.717) is 0 Å². The van der Waals surface area contributed by atoms with Gasteiger partial charge in [0.25, 0.3) is 0 Å². The maximum atomic E-state index is 10.9. The van der Waals surface area contributed by atoms with Gasteiger partial charge in [-0.05, 0) is 6.92 Å². The predicted molar refractivity (Wildman–Crippen MR) is 39.9 cm³/mol. The SMILES string of the molecule is [CH2-]C([CH2-])C(C#N)C(=O)OCC.[Zn+2]. The molecule has 0 aromatic heterocycles. The van der Waals surface area contributed by atoms with Crippen LogP contribution >= 0.6 is 0 Å². The normalized spacial score (nSPS) is 11.2. The number of hydrogen-bond acceptors (Lipinski definition) is 3. The number of ether oxygens (including phenoxy) is 1. The van der Waals surface area contributed by atoms with Crippen molar-refractivity contribution in [3.63, 3.8) is 0 Å². The molecule has 12 heavy (non-hydrogen) atoms. The minimum Gasteiger partial charge on any atom is -0.465 e. The van der Waals surface area contributed by atoms with Crippen molar-refractivity contribution in [2.45, 2.75) is 6.92 Å². The Morgan fingerprint density at radius 2 is 2.17 bits per heavy atom. The molecule has 0 N–H and O–H groups in total. The molecule has 0 saturated heterocycles. The summed E-state index contributed by atoms with van der Waals surface area (Å²) < 4.78 is 4.61. The van der Waals surface area contributed by atoms with Crippen LogP contribution in [-0.4, -0.2) is 12.6 Å². The van der Waals surface area contributed by atoms with Crippen molar-refractivity contribution in [1.82, 2.24) is 0 Å². The molecule has 0 bridgehead atoms. The summed E-state index contributed by atoms with van der Waals surface area (Å²) in [6, 6.07) is 1.79. The zero-order valence-electron chi connectivity index (χ0n) is 7.25. The van der Waals surface area contributed by atoms with Gasteiger partial charge in [0, 0.05) is 0 Å². The van der Waals surface area contributed by atoms with Crippen LogP contribution in [0.2, 0.25) is 0 Å². The van der Waals surface area contributed by atoms with Gasteiger partial charge in [0.05, 0.1) is 18.6 Å². The second kappa shape index (κ2) is 7.24. The van der Waals surface area contributed by atoms with Crippen LogP contribution < -0.4 is 0 Å². The quantitative estimate of drug-likeness (QED) is 0.403. The Balaban J connectivity index is 0. The first-order valence-corrected chi connectivity index (χ1v) is 3.35. The summed E-state index contributed by atoms with van der Waals surface area (Å²) in [4.78, 5) is 10.9. The second-order valence-corrected chi connectivity index (χ2v) is 2.12. The Hall–Kier alpha value is -0.417. The monoisotopic (exact) mass is 217 g/mol. The Morgan fingerprint density at radius 1 is 1.67 bits per heavy atom. The van der Waals surface area contributed by atoms with E-state index in [1.807, 2.05) is 0 Å². The number of nitriles is 1. The first kappa shape index (κ1) is 14.1. The summed E-state index contributed by atoms with van der Waals surface area (Å²) in [5.74, 6) is -1.85. The molecule has 0 radical (unpaired) electrons. The maximum Gasteiger partial charge on any atom is 2.00 e. The van der Waals surface area contributed by atoms with Crippen LogP contribution in [-0.2, 0) is 29.0 Å². The first-order chi connectivity index (χ1) is 5.13. The Morgan fingerprint density at radius 3 is 2.42 bits per heavy atom. The molecule has 0 aromatic rings. The summed E-state index contributed by atoms with van der Waals surface area (Å²) in [6.45, 7) is 8.93. The second-order valence-electron chi connectivity index (χ2n) is 2.12. The standard InChI is InChI=1S/C8H11NO2.Zn/c1-4-11-8(10)7(5-9)6(2)3;/h6-7H,2-4H2,1H3;/q-2;+2. The molecular formula is C8H11NO2Zn. The van der Waals surface area contributed by atoms with E-state index in [4.69, 9.17) is 5.26 Å². The van der Waals surface area contributed by atoms with Gasteiger partial charge in [-0.25, -0.2) is 0 Å². The summed E-state index contributed by atoms with van der Waals surface area (Å²) in [7, 11) is 0. The van der Waals surface area contributed by atoms with Gasteiger partial charge in [0.2, 0.25) is 0 Å². The molecular weight excluding hydrogens is 207 g/mol. The largest absolute Gasteiger partial charge is 2.00 e. The minimum atomic E-state index is -0.838. The predicted octanol–water partition coefficient (Wildman–Crippen LogP) is 0.971. The number of carbonyl (C=O) groups is 1. The van der Waals surface area contributed by atoms with Gasteiger partial charge in [-0.3, -0.25) is 10.7 Å². The Bertz CT molecular complexity index is 174. The van der Waals surface area contributed by atoms with E-state index in [0.717, 1.165) is 0 Å². The third kappa shape index (κ3) is 4.46. The van der Waals surface area contributed by atoms with Gasteiger partial charge in [0.15, 0.2) is 0 Å². The van der Waals surface area contributed by atoms with Crippen molar-refractivity contribution >= 4 is 5.97 Å². The average molecular weight is 219 g/mol. The topological polar surface area (TPSA) is 50.1 Å². The fraction of sp³-hybridized carbons (Fsp3) is 0.500. The molecule has 0 aliphatic carbocycles. The van der Waals surface area contributed by atoms with Crippen molar-refractivity contribution in [3.05, 3.63) is 13.8 Å². The van der Waals surface area contributed by atoms with Crippen molar-refractivity contribution in [1.29, 1.82) is 5.26 Å². The van der Waals surface area contributed by atoms with Crippen molar-refractivity contribution in [3.8, 4) is 6.07 Å². The van der Waals surface area contributed by atoms with Gasteiger partial charge in [-0.2, -0.15) is 5.26 Å². The number of carbonyl (C=O) groups excluding carboxylic acids is 1. The number of esters is 1. The van der Waals surface area contributed by atoms with E-state index in [1.165, 1.54) is 0 Å². The van der Waals surface area contributed by atoms with Crippen molar-refractivity contribution < 1.29 is 29.0 Å². The van der Waals surface area contributed by atoms with E-state index in [-0.39, 0.29) is 26.1 Å². The van der Waals surface area contributed by atoms with Crippen LogP contribution in [0.15, 0.2) is 0 Å². The fourth-order valence-corrected chi connectivity index (χ4v) is 0.583. The van der Waals surface area contributed by atoms with Crippen LogP contribution in [0.4, 0.5) is 0 Å². The Labute approximate surface area is 85.8 Å². The molecule has 0 aliphatic heterocycles. The Kier molecular flexibility index (Phi) is 8.53. The van der Waals surface area contributed by atoms with E-state index in [9.17, 15) is 4.79 Å². The molecule has 0 rings (SSSR count).